The van der Waals surface area contributed by atoms with Crippen molar-refractivity contribution in [3.05, 3.63) is 214 Å². The van der Waals surface area contributed by atoms with Crippen LogP contribution in [0.3, 0.4) is 0 Å². The van der Waals surface area contributed by atoms with Crippen LogP contribution in [-0.2, 0) is 18.3 Å². The summed E-state index contributed by atoms with van der Waals surface area (Å²) >= 11 is 0. The number of hydrogen-bond donors (Lipinski definition) is 3. The Kier molecular flexibility index (Phi) is 16.6. The SMILES string of the molecule is Cc1cc(C=Cc2ccc3cc(N(C)C)ccc3[n+]2C)c(C)n1-c1ccccc1.O=C(C=CC=Cc1ccc2c(c1)OCO2)N1CCCCC1.O=C(O)c1cc2ccccc2c(Cc2c(O)c(C(=O)O)cc3ccccc23)c1[O-]. The number of aromatic nitrogens is 2. The van der Waals surface area contributed by atoms with Crippen molar-refractivity contribution in [3.8, 4) is 28.7 Å². The van der Waals surface area contributed by atoms with E-state index >= 15 is 0 Å². The van der Waals surface area contributed by atoms with E-state index in [4.69, 9.17) is 9.47 Å². The van der Waals surface area contributed by atoms with Crippen molar-refractivity contribution in [3.63, 3.8) is 0 Å². The first-order chi connectivity index (χ1) is 38.2. The summed E-state index contributed by atoms with van der Waals surface area (Å²) < 4.78 is 15.2. The fourth-order valence-electron chi connectivity index (χ4n) is 10.2. The van der Waals surface area contributed by atoms with Crippen molar-refractivity contribution in [1.29, 1.82) is 0 Å². The van der Waals surface area contributed by atoms with Crippen LogP contribution >= 0.6 is 0 Å². The zero-order chi connectivity index (χ0) is 55.7. The maximum absolute atomic E-state index is 12.9. The molecule has 4 heterocycles. The molecule has 1 fully saturated rings. The fraction of sp³-hybridized carbons (Fsp3) is 0.182. The topological polar surface area (TPSA) is 169 Å². The lowest BCUT2D eigenvalue weighted by Gasteiger charge is -2.25. The molecular formula is C66H62N4O9. The number of nitrogens with zero attached hydrogens (tertiary/aromatic N) is 4. The van der Waals surface area contributed by atoms with Crippen molar-refractivity contribution >= 4 is 74.2 Å². The van der Waals surface area contributed by atoms with E-state index < -0.39 is 23.4 Å². The predicted molar refractivity (Wildman–Crippen MR) is 311 cm³/mol. The number of hydrogen-bond acceptors (Lipinski definition) is 8. The second-order valence-corrected chi connectivity index (χ2v) is 19.7. The molecule has 400 valence electrons. The maximum atomic E-state index is 12.9. The highest BCUT2D eigenvalue weighted by molar-refractivity contribution is 6.02. The largest absolute Gasteiger partial charge is 0.872 e. The number of aryl methyl sites for hydroxylation is 2. The number of carboxylic acids is 2. The number of piperidine rings is 1. The van der Waals surface area contributed by atoms with E-state index in [1.165, 1.54) is 63.5 Å². The van der Waals surface area contributed by atoms with Crippen molar-refractivity contribution < 1.29 is 48.9 Å². The molecule has 7 aromatic carbocycles. The van der Waals surface area contributed by atoms with Gasteiger partial charge in [0.05, 0.1) is 5.56 Å². The van der Waals surface area contributed by atoms with Crippen LogP contribution in [0.2, 0.25) is 0 Å². The van der Waals surface area contributed by atoms with Crippen LogP contribution in [-0.4, -0.2) is 76.6 Å². The van der Waals surface area contributed by atoms with Crippen molar-refractivity contribution in [1.82, 2.24) is 9.47 Å². The maximum Gasteiger partial charge on any atom is 0.339 e. The van der Waals surface area contributed by atoms with Crippen LogP contribution in [0.5, 0.6) is 23.0 Å². The molecule has 13 nitrogen and oxygen atoms in total. The minimum absolute atomic E-state index is 0.102. The number of aromatic carboxylic acids is 2. The average Bonchev–Trinajstić information content (AvgIpc) is 4.16. The predicted octanol–water partition coefficient (Wildman–Crippen LogP) is 12.1. The van der Waals surface area contributed by atoms with Crippen LogP contribution in [0.1, 0.15) is 79.3 Å². The zero-order valence-electron chi connectivity index (χ0n) is 44.9. The van der Waals surface area contributed by atoms with Crippen LogP contribution in [0.4, 0.5) is 5.69 Å². The molecule has 9 aromatic rings. The van der Waals surface area contributed by atoms with Gasteiger partial charge in [-0.1, -0.05) is 96.8 Å². The van der Waals surface area contributed by atoms with E-state index in [2.05, 4.69) is 128 Å². The number of aromatic hydroxyl groups is 1. The second kappa shape index (κ2) is 24.2. The summed E-state index contributed by atoms with van der Waals surface area (Å²) in [4.78, 5) is 39.1. The van der Waals surface area contributed by atoms with Crippen molar-refractivity contribution in [2.45, 2.75) is 39.5 Å². The van der Waals surface area contributed by atoms with E-state index in [1.807, 2.05) is 35.3 Å². The Morgan fingerprint density at radius 2 is 1.33 bits per heavy atom. The number of carboxylic acid groups (broad SMARTS) is 2. The molecule has 1 saturated heterocycles. The first kappa shape index (κ1) is 54.2. The van der Waals surface area contributed by atoms with Crippen molar-refractivity contribution in [2.75, 3.05) is 38.9 Å². The number of amides is 1. The summed E-state index contributed by atoms with van der Waals surface area (Å²) in [5.74, 6) is -2.06. The Labute approximate surface area is 459 Å². The molecule has 0 spiro atoms. The summed E-state index contributed by atoms with van der Waals surface area (Å²) in [5.41, 5.74) is 9.42. The number of benzene rings is 7. The van der Waals surface area contributed by atoms with Crippen LogP contribution in [0, 0.1) is 13.8 Å². The highest BCUT2D eigenvalue weighted by atomic mass is 16.7. The number of phenols is 1. The lowest BCUT2D eigenvalue weighted by Crippen LogP contribution is -2.34. The first-order valence-corrected chi connectivity index (χ1v) is 26.1. The van der Waals surface area contributed by atoms with Crippen LogP contribution in [0.25, 0.3) is 56.4 Å². The summed E-state index contributed by atoms with van der Waals surface area (Å²) in [6.45, 7) is 6.40. The van der Waals surface area contributed by atoms with E-state index in [1.54, 1.807) is 60.7 Å². The number of fused-ring (bicyclic) bond motifs is 4. The monoisotopic (exact) mass is 1050 g/mol. The highest BCUT2D eigenvalue weighted by Gasteiger charge is 2.21. The molecule has 11 rings (SSSR count). The molecule has 0 unspecified atom stereocenters. The van der Waals surface area contributed by atoms with Gasteiger partial charge in [0.15, 0.2) is 11.5 Å². The van der Waals surface area contributed by atoms with Gasteiger partial charge in [-0.15, -0.1) is 0 Å². The molecule has 0 bridgehead atoms. The summed E-state index contributed by atoms with van der Waals surface area (Å²) in [5, 5.41) is 46.1. The molecule has 0 radical (unpaired) electrons. The number of anilines is 1. The van der Waals surface area contributed by atoms with Gasteiger partial charge in [-0.25, -0.2) is 9.59 Å². The molecule has 0 saturated carbocycles. The number of ether oxygens (including phenoxy) is 2. The van der Waals surface area contributed by atoms with Gasteiger partial charge in [0.25, 0.3) is 0 Å². The number of allylic oxidation sites excluding steroid dienone is 2. The second-order valence-electron chi connectivity index (χ2n) is 19.7. The minimum Gasteiger partial charge on any atom is -0.872 e. The number of carbonyl (C=O) groups excluding carboxylic acids is 1. The van der Waals surface area contributed by atoms with Gasteiger partial charge in [0.1, 0.15) is 18.4 Å². The molecular weight excluding hydrogens is 993 g/mol. The molecule has 0 aliphatic carbocycles. The van der Waals surface area contributed by atoms with Gasteiger partial charge in [-0.05, 0) is 138 Å². The molecule has 2 aromatic heterocycles. The van der Waals surface area contributed by atoms with Gasteiger partial charge in [0.2, 0.25) is 23.9 Å². The quantitative estimate of drug-likeness (QED) is 0.0644. The molecule has 2 aliphatic rings. The van der Waals surface area contributed by atoms with E-state index in [0.717, 1.165) is 43.0 Å². The molecule has 0 atom stereocenters. The van der Waals surface area contributed by atoms with Gasteiger partial charge in [-0.2, -0.15) is 4.57 Å². The fourth-order valence-corrected chi connectivity index (χ4v) is 10.2. The lowest BCUT2D eigenvalue weighted by molar-refractivity contribution is -0.646. The molecule has 3 N–H and O–H groups in total. The summed E-state index contributed by atoms with van der Waals surface area (Å²) in [6, 6.07) is 46.1. The first-order valence-electron chi connectivity index (χ1n) is 26.1. The van der Waals surface area contributed by atoms with Gasteiger partial charge >= 0.3 is 11.9 Å². The zero-order valence-corrected chi connectivity index (χ0v) is 44.9. The Hall–Kier alpha value is -9.62. The van der Waals surface area contributed by atoms with Gasteiger partial charge in [0, 0.05) is 91.6 Å². The summed E-state index contributed by atoms with van der Waals surface area (Å²) in [6.07, 6.45) is 15.0. The summed E-state index contributed by atoms with van der Waals surface area (Å²) in [7, 11) is 6.28. The number of para-hydroxylation sites is 1. The standard InChI is InChI=1S/C26H28N3.C23H16O6.C17H19NO3/c1-19-17-21(20(2)29(19)24-9-7-6-8-10-24)11-13-23-14-12-22-18-25(27(3)4)15-16-26(22)28(23)5;24-20-16(14-7-3-1-5-12(14)9-18(20)22(26)27)11-17-15-8-4-2-6-13(15)10-19(21(17)25)23(28)29;19-17(18-10-4-1-5-11-18)7-3-2-6-14-8-9-15-16(12-14)21-13-20-15/h6-18H,1-5H3;1-10,24-25H,11H2,(H,26,27)(H,28,29);2-3,6-9,12H,1,4-5,10-11,13H2/q+1;;/p-1. The molecule has 79 heavy (non-hydrogen) atoms. The third-order valence-electron chi connectivity index (χ3n) is 14.4. The van der Waals surface area contributed by atoms with Crippen LogP contribution in [0.15, 0.2) is 164 Å². The minimum atomic E-state index is -1.34. The van der Waals surface area contributed by atoms with Gasteiger partial charge in [-0.3, -0.25) is 4.79 Å². The molecule has 2 aliphatic heterocycles. The van der Waals surface area contributed by atoms with E-state index in [-0.39, 0.29) is 41.4 Å². The normalized spacial score (nSPS) is 13.0. The Morgan fingerprint density at radius 1 is 0.671 bits per heavy atom. The van der Waals surface area contributed by atoms with Gasteiger partial charge < -0.3 is 44.3 Å². The van der Waals surface area contributed by atoms with E-state index in [0.29, 0.717) is 21.5 Å². The van der Waals surface area contributed by atoms with Crippen molar-refractivity contribution in [2.24, 2.45) is 7.05 Å². The van der Waals surface area contributed by atoms with Crippen LogP contribution < -0.4 is 24.0 Å². The van der Waals surface area contributed by atoms with E-state index in [9.17, 15) is 34.8 Å². The Balaban J connectivity index is 0.000000146. The number of pyridine rings is 1. The number of carbonyl (C=O) groups is 3. The highest BCUT2D eigenvalue weighted by Crippen LogP contribution is 2.38. The Morgan fingerprint density at radius 3 is 2.03 bits per heavy atom. The average molecular weight is 1060 g/mol. The smallest absolute Gasteiger partial charge is 0.339 e. The molecule has 13 heteroatoms. The number of likely N-dealkylation sites (tertiary alicyclic amines) is 1. The third kappa shape index (κ3) is 12.2. The molecule has 1 amide bonds. The third-order valence-corrected chi connectivity index (χ3v) is 14.4. The lowest BCUT2D eigenvalue weighted by atomic mass is 9.90. The number of rotatable bonds is 11. The Bertz CT molecular complexity index is 3750.